The Morgan fingerprint density at radius 2 is 2.08 bits per heavy atom. The van der Waals surface area contributed by atoms with Crippen molar-refractivity contribution in [3.05, 3.63) is 58.3 Å². The van der Waals surface area contributed by atoms with Crippen molar-refractivity contribution in [2.75, 3.05) is 13.1 Å². The monoisotopic (exact) mass is 323 g/mol. The molecule has 0 spiro atoms. The van der Waals surface area contributed by atoms with Gasteiger partial charge in [0.1, 0.15) is 0 Å². The van der Waals surface area contributed by atoms with Gasteiger partial charge in [0.15, 0.2) is 5.69 Å². The SMILES string of the molecule is Cc1cnn(C2CCN(C(=O)c3n[nH]c(=O)c4ccccc34)C2)c1. The van der Waals surface area contributed by atoms with Crippen molar-refractivity contribution in [2.24, 2.45) is 0 Å². The molecule has 3 heterocycles. The molecule has 1 aliphatic rings. The summed E-state index contributed by atoms with van der Waals surface area (Å²) in [6.45, 7) is 3.24. The minimum absolute atomic E-state index is 0.158. The van der Waals surface area contributed by atoms with E-state index in [1.165, 1.54) is 0 Å². The maximum atomic E-state index is 12.9. The molecule has 0 aliphatic carbocycles. The molecule has 24 heavy (non-hydrogen) atoms. The lowest BCUT2D eigenvalue weighted by Crippen LogP contribution is -2.31. The van der Waals surface area contributed by atoms with E-state index in [1.54, 1.807) is 29.2 Å². The van der Waals surface area contributed by atoms with E-state index in [2.05, 4.69) is 15.3 Å². The van der Waals surface area contributed by atoms with Gasteiger partial charge < -0.3 is 4.90 Å². The third-order valence-electron chi connectivity index (χ3n) is 4.45. The second-order valence-electron chi connectivity index (χ2n) is 6.14. The van der Waals surface area contributed by atoms with E-state index >= 15 is 0 Å². The van der Waals surface area contributed by atoms with Crippen LogP contribution in [0.25, 0.3) is 10.8 Å². The predicted molar refractivity (Wildman–Crippen MR) is 88.9 cm³/mol. The molecule has 3 aromatic rings. The number of rotatable bonds is 2. The quantitative estimate of drug-likeness (QED) is 0.775. The number of aryl methyl sites for hydroxylation is 1. The van der Waals surface area contributed by atoms with Crippen molar-refractivity contribution in [1.82, 2.24) is 24.9 Å². The summed E-state index contributed by atoms with van der Waals surface area (Å²) in [6.07, 6.45) is 4.67. The zero-order valence-electron chi connectivity index (χ0n) is 13.3. The standard InChI is InChI=1S/C17H17N5O2/c1-11-8-18-22(9-11)12-6-7-21(10-12)17(24)15-13-4-2-3-5-14(13)16(23)20-19-15/h2-5,8-9,12H,6-7,10H2,1H3,(H,20,23). The highest BCUT2D eigenvalue weighted by molar-refractivity contribution is 6.04. The van der Waals surface area contributed by atoms with Gasteiger partial charge in [0.05, 0.1) is 17.6 Å². The average molecular weight is 323 g/mol. The van der Waals surface area contributed by atoms with Crippen molar-refractivity contribution in [3.8, 4) is 0 Å². The summed E-state index contributed by atoms with van der Waals surface area (Å²) < 4.78 is 1.92. The average Bonchev–Trinajstić information content (AvgIpc) is 3.24. The van der Waals surface area contributed by atoms with Crippen molar-refractivity contribution in [1.29, 1.82) is 0 Å². The molecule has 4 rings (SSSR count). The second-order valence-corrected chi connectivity index (χ2v) is 6.14. The van der Waals surface area contributed by atoms with Crippen LogP contribution in [0.4, 0.5) is 0 Å². The van der Waals surface area contributed by atoms with Gasteiger partial charge in [0.2, 0.25) is 0 Å². The van der Waals surface area contributed by atoms with E-state index in [9.17, 15) is 9.59 Å². The molecule has 1 aromatic carbocycles. The van der Waals surface area contributed by atoms with Crippen LogP contribution in [0, 0.1) is 6.92 Å². The van der Waals surface area contributed by atoms with E-state index in [1.807, 2.05) is 24.0 Å². The first-order valence-corrected chi connectivity index (χ1v) is 7.91. The molecule has 0 saturated carbocycles. The minimum Gasteiger partial charge on any atom is -0.335 e. The number of aromatic nitrogens is 4. The number of benzene rings is 1. The summed E-state index contributed by atoms with van der Waals surface area (Å²) in [5.74, 6) is -0.158. The number of hydrogen-bond acceptors (Lipinski definition) is 4. The van der Waals surface area contributed by atoms with Gasteiger partial charge in [0.25, 0.3) is 11.5 Å². The molecule has 1 unspecified atom stereocenters. The molecule has 0 radical (unpaired) electrons. The van der Waals surface area contributed by atoms with Crippen LogP contribution in [0.2, 0.25) is 0 Å². The highest BCUT2D eigenvalue weighted by Gasteiger charge is 2.30. The highest BCUT2D eigenvalue weighted by atomic mass is 16.2. The van der Waals surface area contributed by atoms with Gasteiger partial charge >= 0.3 is 0 Å². The van der Waals surface area contributed by atoms with Crippen LogP contribution in [0.15, 0.2) is 41.5 Å². The van der Waals surface area contributed by atoms with Crippen LogP contribution in [0.5, 0.6) is 0 Å². The fourth-order valence-electron chi connectivity index (χ4n) is 3.20. The number of nitrogens with zero attached hydrogens (tertiary/aromatic N) is 4. The molecule has 1 N–H and O–H groups in total. The Hall–Kier alpha value is -2.96. The number of aromatic amines is 1. The van der Waals surface area contributed by atoms with Gasteiger partial charge in [-0.25, -0.2) is 5.10 Å². The summed E-state index contributed by atoms with van der Waals surface area (Å²) in [4.78, 5) is 26.5. The Kier molecular flexibility index (Phi) is 3.41. The lowest BCUT2D eigenvalue weighted by Gasteiger charge is -2.17. The zero-order chi connectivity index (χ0) is 16.7. The first kappa shape index (κ1) is 14.6. The van der Waals surface area contributed by atoms with E-state index < -0.39 is 0 Å². The van der Waals surface area contributed by atoms with Gasteiger partial charge in [-0.05, 0) is 25.0 Å². The van der Waals surface area contributed by atoms with E-state index in [4.69, 9.17) is 0 Å². The molecule has 1 fully saturated rings. The van der Waals surface area contributed by atoms with Crippen molar-refractivity contribution in [3.63, 3.8) is 0 Å². The maximum Gasteiger partial charge on any atom is 0.275 e. The molecule has 2 aromatic heterocycles. The molecule has 1 atom stereocenters. The smallest absolute Gasteiger partial charge is 0.275 e. The first-order chi connectivity index (χ1) is 11.6. The molecule has 1 aliphatic heterocycles. The van der Waals surface area contributed by atoms with Crippen LogP contribution >= 0.6 is 0 Å². The zero-order valence-corrected chi connectivity index (χ0v) is 13.3. The van der Waals surface area contributed by atoms with Gasteiger partial charge in [-0.3, -0.25) is 14.3 Å². The van der Waals surface area contributed by atoms with Crippen molar-refractivity contribution < 1.29 is 4.79 Å². The first-order valence-electron chi connectivity index (χ1n) is 7.91. The summed E-state index contributed by atoms with van der Waals surface area (Å²) in [7, 11) is 0. The third-order valence-corrected chi connectivity index (χ3v) is 4.45. The highest BCUT2D eigenvalue weighted by Crippen LogP contribution is 2.24. The normalized spacial score (nSPS) is 17.5. The lowest BCUT2D eigenvalue weighted by atomic mass is 10.1. The Morgan fingerprint density at radius 1 is 1.29 bits per heavy atom. The number of carbonyl (C=O) groups is 1. The van der Waals surface area contributed by atoms with E-state index in [0.29, 0.717) is 29.6 Å². The maximum absolute atomic E-state index is 12.9. The van der Waals surface area contributed by atoms with Gasteiger partial charge in [-0.2, -0.15) is 10.2 Å². The number of amides is 1. The Labute approximate surface area is 137 Å². The molecule has 7 nitrogen and oxygen atoms in total. The van der Waals surface area contributed by atoms with Gasteiger partial charge in [0, 0.05) is 24.7 Å². The van der Waals surface area contributed by atoms with Crippen LogP contribution in [0.1, 0.15) is 28.5 Å². The van der Waals surface area contributed by atoms with Crippen LogP contribution in [0.3, 0.4) is 0 Å². The topological polar surface area (TPSA) is 83.9 Å². The minimum atomic E-state index is -0.284. The number of carbonyl (C=O) groups excluding carboxylic acids is 1. The van der Waals surface area contributed by atoms with Gasteiger partial charge in [-0.15, -0.1) is 0 Å². The molecule has 1 saturated heterocycles. The molecule has 0 bridgehead atoms. The summed E-state index contributed by atoms with van der Waals surface area (Å²) >= 11 is 0. The summed E-state index contributed by atoms with van der Waals surface area (Å²) in [5.41, 5.74) is 1.11. The Bertz CT molecular complexity index is 974. The number of fused-ring (bicyclic) bond motifs is 1. The number of hydrogen-bond donors (Lipinski definition) is 1. The number of likely N-dealkylation sites (tertiary alicyclic amines) is 1. The van der Waals surface area contributed by atoms with Crippen LogP contribution < -0.4 is 5.56 Å². The summed E-state index contributed by atoms with van der Waals surface area (Å²) in [5, 5.41) is 11.8. The van der Waals surface area contributed by atoms with E-state index in [-0.39, 0.29) is 17.5 Å². The molecular weight excluding hydrogens is 306 g/mol. The second kappa shape index (κ2) is 5.59. The van der Waals surface area contributed by atoms with Crippen LogP contribution in [-0.4, -0.2) is 43.9 Å². The molecule has 122 valence electrons. The lowest BCUT2D eigenvalue weighted by molar-refractivity contribution is 0.0782. The van der Waals surface area contributed by atoms with Gasteiger partial charge in [-0.1, -0.05) is 18.2 Å². The fraction of sp³-hybridized carbons (Fsp3) is 0.294. The molecule has 1 amide bonds. The van der Waals surface area contributed by atoms with Crippen molar-refractivity contribution in [2.45, 2.75) is 19.4 Å². The number of nitrogens with one attached hydrogen (secondary N) is 1. The molecule has 7 heteroatoms. The third kappa shape index (κ3) is 2.38. The fourth-order valence-corrected chi connectivity index (χ4v) is 3.20. The van der Waals surface area contributed by atoms with Crippen molar-refractivity contribution >= 4 is 16.7 Å². The predicted octanol–water partition coefficient (Wildman–Crippen LogP) is 1.52. The van der Waals surface area contributed by atoms with E-state index in [0.717, 1.165) is 12.0 Å². The Balaban J connectivity index is 1.63. The van der Waals surface area contributed by atoms with Crippen LogP contribution in [-0.2, 0) is 0 Å². The summed E-state index contributed by atoms with van der Waals surface area (Å²) in [6, 6.07) is 7.22. The Morgan fingerprint density at radius 3 is 2.83 bits per heavy atom. The largest absolute Gasteiger partial charge is 0.335 e. The number of H-pyrrole nitrogens is 1. The molecular formula is C17H17N5O2.